The zero-order valence-electron chi connectivity index (χ0n) is 11.3. The maximum Gasteiger partial charge on any atom is 0.264 e. The van der Waals surface area contributed by atoms with Crippen molar-refractivity contribution in [2.24, 2.45) is 0 Å². The average Bonchev–Trinajstić information content (AvgIpc) is 2.94. The maximum absolute atomic E-state index is 13.3. The van der Waals surface area contributed by atoms with E-state index in [0.29, 0.717) is 11.1 Å². The number of hydrogen-bond acceptors (Lipinski definition) is 3. The first-order chi connectivity index (χ1) is 10.2. The Hall–Kier alpha value is -2.42. The molecule has 0 atom stereocenters. The van der Waals surface area contributed by atoms with Crippen molar-refractivity contribution in [2.45, 2.75) is 25.8 Å². The Kier molecular flexibility index (Phi) is 3.57. The number of rotatable bonds is 3. The molecule has 0 bridgehead atoms. The molecule has 21 heavy (non-hydrogen) atoms. The van der Waals surface area contributed by atoms with Crippen LogP contribution in [0.15, 0.2) is 24.5 Å². The topological polar surface area (TPSA) is 53.6 Å². The molecule has 1 aliphatic rings. The smallest absolute Gasteiger partial charge is 0.264 e. The Labute approximate surface area is 121 Å². The van der Waals surface area contributed by atoms with Crippen LogP contribution in [0.5, 0.6) is 0 Å². The molecule has 0 spiro atoms. The molecule has 1 aromatic heterocycles. The first-order valence-electron chi connectivity index (χ1n) is 6.77. The van der Waals surface area contributed by atoms with E-state index in [1.807, 2.05) is 12.1 Å². The van der Waals surface area contributed by atoms with E-state index in [2.05, 4.69) is 10.4 Å². The van der Waals surface area contributed by atoms with Crippen LogP contribution in [-0.2, 0) is 13.0 Å². The normalized spacial score (nSPS) is 13.6. The van der Waals surface area contributed by atoms with Gasteiger partial charge in [-0.3, -0.25) is 4.68 Å². The molecule has 1 N–H and O–H groups in total. The van der Waals surface area contributed by atoms with Gasteiger partial charge in [0.05, 0.1) is 12.3 Å². The number of nitriles is 1. The molecule has 108 valence electrons. The van der Waals surface area contributed by atoms with Crippen LogP contribution in [0.1, 0.15) is 24.0 Å². The monoisotopic (exact) mass is 288 g/mol. The molecule has 1 aliphatic heterocycles. The largest absolute Gasteiger partial charge is 0.385 e. The van der Waals surface area contributed by atoms with Gasteiger partial charge in [-0.2, -0.15) is 10.4 Å². The molecule has 6 heteroatoms. The fourth-order valence-corrected chi connectivity index (χ4v) is 2.63. The summed E-state index contributed by atoms with van der Waals surface area (Å²) < 4.78 is 28.1. The number of aromatic nitrogens is 2. The van der Waals surface area contributed by atoms with Gasteiger partial charge in [0.25, 0.3) is 6.43 Å². The molecule has 0 saturated carbocycles. The predicted molar refractivity (Wildman–Crippen MR) is 75.0 cm³/mol. The molecule has 0 radical (unpaired) electrons. The van der Waals surface area contributed by atoms with E-state index in [0.717, 1.165) is 30.6 Å². The Morgan fingerprint density at radius 1 is 1.43 bits per heavy atom. The summed E-state index contributed by atoms with van der Waals surface area (Å²) in [5.74, 6) is 0. The summed E-state index contributed by atoms with van der Waals surface area (Å²) in [4.78, 5) is 0. The standard InChI is InChI=1S/C15H14F2N4/c16-15(17)13-7-14-10(2-1-4-19-14)6-12(13)11-8-20-21(9-11)5-3-18/h6-9,15,19H,1-2,4-5H2. The Bertz CT molecular complexity index is 700. The van der Waals surface area contributed by atoms with Crippen molar-refractivity contribution in [3.63, 3.8) is 0 Å². The minimum absolute atomic E-state index is 0.000317. The van der Waals surface area contributed by atoms with Gasteiger partial charge in [-0.25, -0.2) is 8.78 Å². The van der Waals surface area contributed by atoms with Crippen molar-refractivity contribution in [1.29, 1.82) is 5.26 Å². The lowest BCUT2D eigenvalue weighted by Gasteiger charge is -2.21. The SMILES string of the molecule is N#CCn1cc(-c2cc3c(cc2C(F)F)NCCC3)cn1. The quantitative estimate of drug-likeness (QED) is 0.942. The number of fused-ring (bicyclic) bond motifs is 1. The van der Waals surface area contributed by atoms with Crippen LogP contribution in [0.2, 0.25) is 0 Å². The Morgan fingerprint density at radius 3 is 3.05 bits per heavy atom. The van der Waals surface area contributed by atoms with Crippen molar-refractivity contribution in [1.82, 2.24) is 9.78 Å². The second-order valence-electron chi connectivity index (χ2n) is 5.01. The molecule has 1 aromatic carbocycles. The van der Waals surface area contributed by atoms with E-state index in [9.17, 15) is 8.78 Å². The summed E-state index contributed by atoms with van der Waals surface area (Å²) in [6.45, 7) is 0.922. The molecule has 0 aliphatic carbocycles. The number of halogens is 2. The lowest BCUT2D eigenvalue weighted by Crippen LogP contribution is -2.12. The first kappa shape index (κ1) is 13.6. The zero-order chi connectivity index (χ0) is 14.8. The van der Waals surface area contributed by atoms with Crippen LogP contribution < -0.4 is 5.32 Å². The molecular formula is C15H14F2N4. The highest BCUT2D eigenvalue weighted by Crippen LogP contribution is 2.36. The molecule has 2 heterocycles. The van der Waals surface area contributed by atoms with Crippen molar-refractivity contribution >= 4 is 5.69 Å². The van der Waals surface area contributed by atoms with Gasteiger partial charge in [-0.05, 0) is 36.1 Å². The molecule has 3 rings (SSSR count). The predicted octanol–water partition coefficient (Wildman–Crippen LogP) is 3.37. The third kappa shape index (κ3) is 2.59. The number of benzene rings is 1. The minimum Gasteiger partial charge on any atom is -0.385 e. The van der Waals surface area contributed by atoms with Gasteiger partial charge < -0.3 is 5.32 Å². The highest BCUT2D eigenvalue weighted by Gasteiger charge is 2.20. The van der Waals surface area contributed by atoms with E-state index in [1.165, 1.54) is 16.9 Å². The first-order valence-corrected chi connectivity index (χ1v) is 6.77. The van der Waals surface area contributed by atoms with E-state index in [-0.39, 0.29) is 12.1 Å². The number of nitrogens with one attached hydrogen (secondary N) is 1. The summed E-state index contributed by atoms with van der Waals surface area (Å²) in [5.41, 5.74) is 2.96. The van der Waals surface area contributed by atoms with E-state index in [1.54, 1.807) is 6.20 Å². The van der Waals surface area contributed by atoms with Crippen LogP contribution in [-0.4, -0.2) is 16.3 Å². The van der Waals surface area contributed by atoms with Crippen molar-refractivity contribution in [3.8, 4) is 17.2 Å². The number of anilines is 1. The highest BCUT2D eigenvalue weighted by molar-refractivity contribution is 5.72. The van der Waals surface area contributed by atoms with Crippen molar-refractivity contribution < 1.29 is 8.78 Å². The maximum atomic E-state index is 13.3. The number of aryl methyl sites for hydroxylation is 1. The van der Waals surface area contributed by atoms with Gasteiger partial charge in [-0.15, -0.1) is 0 Å². The molecule has 0 amide bonds. The fourth-order valence-electron chi connectivity index (χ4n) is 2.63. The third-order valence-corrected chi connectivity index (χ3v) is 3.63. The Balaban J connectivity index is 2.08. The number of hydrogen-bond donors (Lipinski definition) is 1. The second-order valence-corrected chi connectivity index (χ2v) is 5.01. The van der Waals surface area contributed by atoms with Crippen LogP contribution in [0.3, 0.4) is 0 Å². The van der Waals surface area contributed by atoms with Gasteiger partial charge >= 0.3 is 0 Å². The molecule has 4 nitrogen and oxygen atoms in total. The summed E-state index contributed by atoms with van der Waals surface area (Å²) in [7, 11) is 0. The fraction of sp³-hybridized carbons (Fsp3) is 0.333. The summed E-state index contributed by atoms with van der Waals surface area (Å²) in [5, 5.41) is 15.9. The molecule has 0 fully saturated rings. The molecule has 0 unspecified atom stereocenters. The molecular weight excluding hydrogens is 274 g/mol. The van der Waals surface area contributed by atoms with Gasteiger partial charge in [0.2, 0.25) is 0 Å². The van der Waals surface area contributed by atoms with E-state index >= 15 is 0 Å². The van der Waals surface area contributed by atoms with Crippen LogP contribution in [0.25, 0.3) is 11.1 Å². The Morgan fingerprint density at radius 2 is 2.29 bits per heavy atom. The van der Waals surface area contributed by atoms with Gasteiger partial charge in [-0.1, -0.05) is 0 Å². The van der Waals surface area contributed by atoms with E-state index in [4.69, 9.17) is 5.26 Å². The van der Waals surface area contributed by atoms with Crippen LogP contribution >= 0.6 is 0 Å². The van der Waals surface area contributed by atoms with Crippen molar-refractivity contribution in [2.75, 3.05) is 11.9 Å². The summed E-state index contributed by atoms with van der Waals surface area (Å²) >= 11 is 0. The minimum atomic E-state index is -2.55. The third-order valence-electron chi connectivity index (χ3n) is 3.63. The zero-order valence-corrected chi connectivity index (χ0v) is 11.3. The second kappa shape index (κ2) is 5.52. The number of alkyl halides is 2. The lowest BCUT2D eigenvalue weighted by molar-refractivity contribution is 0.152. The van der Waals surface area contributed by atoms with Crippen LogP contribution in [0, 0.1) is 11.3 Å². The van der Waals surface area contributed by atoms with Crippen LogP contribution in [0.4, 0.5) is 14.5 Å². The van der Waals surface area contributed by atoms with Gasteiger partial charge in [0.1, 0.15) is 6.54 Å². The summed E-state index contributed by atoms with van der Waals surface area (Å²) in [6.07, 6.45) is 2.49. The lowest BCUT2D eigenvalue weighted by atomic mass is 9.94. The average molecular weight is 288 g/mol. The van der Waals surface area contributed by atoms with Gasteiger partial charge in [0.15, 0.2) is 0 Å². The molecule has 0 saturated heterocycles. The highest BCUT2D eigenvalue weighted by atomic mass is 19.3. The summed E-state index contributed by atoms with van der Waals surface area (Å²) in [6, 6.07) is 5.33. The van der Waals surface area contributed by atoms with E-state index < -0.39 is 6.43 Å². The van der Waals surface area contributed by atoms with Crippen molar-refractivity contribution in [3.05, 3.63) is 35.7 Å². The van der Waals surface area contributed by atoms with Gasteiger partial charge in [0, 0.05) is 29.6 Å². The number of nitrogens with zero attached hydrogens (tertiary/aromatic N) is 3. The molecule has 2 aromatic rings.